The summed E-state index contributed by atoms with van der Waals surface area (Å²) in [6, 6.07) is 18.6. The fourth-order valence-corrected chi connectivity index (χ4v) is 13.3. The maximum atomic E-state index is 14.2. The Hall–Kier alpha value is -6.61. The first-order valence-electron chi connectivity index (χ1n) is 30.8. The van der Waals surface area contributed by atoms with E-state index in [4.69, 9.17) is 23.7 Å². The van der Waals surface area contributed by atoms with E-state index in [1.807, 2.05) is 74.5 Å². The lowest BCUT2D eigenvalue weighted by molar-refractivity contribution is -0.144. The van der Waals surface area contributed by atoms with E-state index in [2.05, 4.69) is 69.4 Å². The lowest BCUT2D eigenvalue weighted by atomic mass is 9.70. The summed E-state index contributed by atoms with van der Waals surface area (Å²) in [7, 11) is 0. The highest BCUT2D eigenvalue weighted by molar-refractivity contribution is 7.13. The number of nitriles is 1. The number of β-amino-alcohol motifs (C(OH)–C–C–N with tert-alkyl or cyclic N) is 1. The van der Waals surface area contributed by atoms with Gasteiger partial charge in [-0.2, -0.15) is 5.26 Å². The first-order chi connectivity index (χ1) is 41.9. The van der Waals surface area contributed by atoms with Crippen molar-refractivity contribution in [2.45, 2.75) is 123 Å². The number of rotatable bonds is 27. The molecule has 87 heavy (non-hydrogen) atoms. The number of aryl methyl sites for hydroxylation is 2. The van der Waals surface area contributed by atoms with Crippen LogP contribution in [0.15, 0.2) is 60.1 Å². The first kappa shape index (κ1) is 64.9. The number of ether oxygens (including phenoxy) is 5. The standard InChI is InChI=1S/C66H87N9O11S/c1-8-46-36-51-52(66(6,7)61-58(59(51)79)50-14-11-45(39-67)35-53(50)70-61)38-54(46)73-19-15-48(16-20-73)72-21-23-74(24-22-72)57(78)18-26-83-28-30-85-32-34-86-33-31-84-29-27-82-25-17-56(77)71-62(65(3,4)5)64(81)75-41-49(76)37-55(75)63(80)68-40-44-9-12-47(13-10-44)60-43(2)69-42-87-60/h9-14,35-36,38,42,48-49,55,62,70,76H,8,15-34,37,40-41H2,1-7H3,(H,68,80)(H,71,77)/t49-,55+,62-/m1/s1. The van der Waals surface area contributed by atoms with Crippen LogP contribution in [0.25, 0.3) is 21.3 Å². The molecule has 0 radical (unpaired) electrons. The van der Waals surface area contributed by atoms with E-state index in [9.17, 15) is 34.3 Å². The normalized spacial score (nSPS) is 18.4. The lowest BCUT2D eigenvalue weighted by Crippen LogP contribution is -2.57. The molecule has 3 aromatic carbocycles. The van der Waals surface area contributed by atoms with Gasteiger partial charge < -0.3 is 59.1 Å². The number of benzene rings is 3. The predicted octanol–water partition coefficient (Wildman–Crippen LogP) is 6.69. The Morgan fingerprint density at radius 1 is 0.851 bits per heavy atom. The van der Waals surface area contributed by atoms with Crippen LogP contribution in [0.3, 0.4) is 0 Å². The second kappa shape index (κ2) is 29.6. The van der Waals surface area contributed by atoms with Crippen LogP contribution in [0.4, 0.5) is 5.69 Å². The van der Waals surface area contributed by atoms with Gasteiger partial charge in [0.05, 0.1) is 112 Å². The molecule has 20 nitrogen and oxygen atoms in total. The summed E-state index contributed by atoms with van der Waals surface area (Å²) in [5.41, 5.74) is 10.8. The molecule has 3 saturated heterocycles. The summed E-state index contributed by atoms with van der Waals surface area (Å²) < 4.78 is 28.2. The molecular weight excluding hydrogens is 1130 g/mol. The van der Waals surface area contributed by atoms with E-state index in [1.54, 1.807) is 17.4 Å². The number of fused-ring (bicyclic) bond motifs is 4. The first-order valence-corrected chi connectivity index (χ1v) is 31.7. The molecule has 5 aromatic rings. The number of thiazole rings is 1. The summed E-state index contributed by atoms with van der Waals surface area (Å²) >= 11 is 1.57. The fourth-order valence-electron chi connectivity index (χ4n) is 12.4. The molecule has 9 rings (SSSR count). The molecule has 5 heterocycles. The van der Waals surface area contributed by atoms with Gasteiger partial charge in [-0.15, -0.1) is 11.3 Å². The Morgan fingerprint density at radius 3 is 2.08 bits per heavy atom. The minimum Gasteiger partial charge on any atom is -0.391 e. The van der Waals surface area contributed by atoms with Crippen molar-refractivity contribution in [2.24, 2.45) is 5.41 Å². The number of carbonyl (C=O) groups excluding carboxylic acids is 5. The third-order valence-corrected chi connectivity index (χ3v) is 18.4. The van der Waals surface area contributed by atoms with Gasteiger partial charge in [0.1, 0.15) is 12.1 Å². The van der Waals surface area contributed by atoms with Crippen LogP contribution in [0.5, 0.6) is 0 Å². The monoisotopic (exact) mass is 1210 g/mol. The highest BCUT2D eigenvalue weighted by Gasteiger charge is 2.45. The third-order valence-electron chi connectivity index (χ3n) is 17.4. The van der Waals surface area contributed by atoms with E-state index in [-0.39, 0.29) is 62.6 Å². The molecule has 0 bridgehead atoms. The van der Waals surface area contributed by atoms with Gasteiger partial charge >= 0.3 is 0 Å². The van der Waals surface area contributed by atoms with Crippen molar-refractivity contribution >= 4 is 57.3 Å². The molecule has 2 aromatic heterocycles. The number of hydrogen-bond donors (Lipinski definition) is 4. The predicted molar refractivity (Wildman–Crippen MR) is 333 cm³/mol. The molecule has 3 atom stereocenters. The van der Waals surface area contributed by atoms with E-state index < -0.39 is 34.9 Å². The lowest BCUT2D eigenvalue weighted by Gasteiger charge is -2.44. The van der Waals surface area contributed by atoms with Gasteiger partial charge in [-0.3, -0.25) is 28.9 Å². The van der Waals surface area contributed by atoms with Gasteiger partial charge in [-0.1, -0.05) is 71.9 Å². The number of amides is 4. The number of ketones is 1. The Bertz CT molecular complexity index is 3240. The molecule has 4 aliphatic rings. The maximum Gasteiger partial charge on any atom is 0.246 e. The van der Waals surface area contributed by atoms with Crippen molar-refractivity contribution in [3.63, 3.8) is 0 Å². The van der Waals surface area contributed by atoms with Crippen LogP contribution in [0.2, 0.25) is 0 Å². The van der Waals surface area contributed by atoms with Gasteiger partial charge in [0, 0.05) is 105 Å². The average molecular weight is 1210 g/mol. The number of nitrogens with one attached hydrogen (secondary N) is 3. The third kappa shape index (κ3) is 15.8. The van der Waals surface area contributed by atoms with Gasteiger partial charge in [0.25, 0.3) is 0 Å². The molecule has 1 aliphatic carbocycles. The van der Waals surface area contributed by atoms with Crippen molar-refractivity contribution in [2.75, 3.05) is 117 Å². The molecule has 4 N–H and O–H groups in total. The second-order valence-electron chi connectivity index (χ2n) is 24.7. The average Bonchev–Trinajstić information content (AvgIpc) is 1.71. The topological polar surface area (TPSA) is 241 Å². The zero-order valence-electron chi connectivity index (χ0n) is 51.7. The number of anilines is 1. The number of aliphatic hydroxyl groups is 1. The number of aromatic nitrogens is 2. The van der Waals surface area contributed by atoms with Crippen molar-refractivity contribution in [3.05, 3.63) is 105 Å². The van der Waals surface area contributed by atoms with E-state index >= 15 is 0 Å². The zero-order chi connectivity index (χ0) is 61.8. The van der Waals surface area contributed by atoms with E-state index in [0.717, 1.165) is 94.9 Å². The number of nitrogens with zero attached hydrogens (tertiary/aromatic N) is 6. The van der Waals surface area contributed by atoms with Gasteiger partial charge in [-0.25, -0.2) is 4.98 Å². The summed E-state index contributed by atoms with van der Waals surface area (Å²) in [5, 5.41) is 26.7. The van der Waals surface area contributed by atoms with E-state index in [1.165, 1.54) is 16.2 Å². The largest absolute Gasteiger partial charge is 0.391 e. The quantitative estimate of drug-likeness (QED) is 0.0401. The Morgan fingerprint density at radius 2 is 1.48 bits per heavy atom. The van der Waals surface area contributed by atoms with Crippen LogP contribution in [-0.2, 0) is 61.2 Å². The molecule has 21 heteroatoms. The molecule has 0 saturated carbocycles. The Kier molecular flexibility index (Phi) is 22.1. The number of piperazine rings is 1. The Balaban J connectivity index is 0.574. The van der Waals surface area contributed by atoms with Crippen molar-refractivity contribution in [1.82, 2.24) is 35.3 Å². The Labute approximate surface area is 515 Å². The SMILES string of the molecule is CCc1cc2c(cc1N1CCC(N3CCN(C(=O)CCOCCOCCOCCOCCOCCC(=O)N[C@H](C(=O)N4C[C@H](O)C[C@H]4C(=O)NCc4ccc(-c5scnc5C)cc4)C(C)(C)C)CC3)CC1)C(C)(C)c1[nH]c3cc(C#N)ccc3c1C2=O. The van der Waals surface area contributed by atoms with Crippen LogP contribution < -0.4 is 15.5 Å². The number of likely N-dealkylation sites (tertiary alicyclic amines) is 1. The summed E-state index contributed by atoms with van der Waals surface area (Å²) in [6.07, 6.45) is 2.48. The minimum absolute atomic E-state index is 0.00873. The summed E-state index contributed by atoms with van der Waals surface area (Å²) in [4.78, 5) is 85.1. The second-order valence-corrected chi connectivity index (χ2v) is 25.6. The van der Waals surface area contributed by atoms with Crippen molar-refractivity contribution in [1.29, 1.82) is 5.26 Å². The summed E-state index contributed by atoms with van der Waals surface area (Å²) in [6.45, 7) is 22.6. The number of piperidine rings is 1. The van der Waals surface area contributed by atoms with Crippen LogP contribution in [0.1, 0.15) is 123 Å². The number of carbonyl (C=O) groups is 5. The molecule has 3 fully saturated rings. The smallest absolute Gasteiger partial charge is 0.246 e. The van der Waals surface area contributed by atoms with Crippen LogP contribution in [0, 0.1) is 23.7 Å². The summed E-state index contributed by atoms with van der Waals surface area (Å²) in [5.74, 6) is -1.01. The molecule has 0 unspecified atom stereocenters. The molecule has 3 aliphatic heterocycles. The van der Waals surface area contributed by atoms with Gasteiger partial charge in [-0.05, 0) is 78.1 Å². The maximum absolute atomic E-state index is 14.2. The molecule has 468 valence electrons. The molecule has 4 amide bonds. The number of H-pyrrole nitrogens is 1. The number of hydrogen-bond acceptors (Lipinski definition) is 16. The van der Waals surface area contributed by atoms with Gasteiger partial charge in [0.15, 0.2) is 5.78 Å². The number of aromatic amines is 1. The van der Waals surface area contributed by atoms with E-state index in [0.29, 0.717) is 89.5 Å². The van der Waals surface area contributed by atoms with Crippen molar-refractivity contribution in [3.8, 4) is 16.5 Å². The molecular formula is C66H87N9O11S. The minimum atomic E-state index is -0.935. The number of aliphatic hydroxyl groups excluding tert-OH is 1. The zero-order valence-corrected chi connectivity index (χ0v) is 52.5. The van der Waals surface area contributed by atoms with Gasteiger partial charge in [0.2, 0.25) is 23.6 Å². The van der Waals surface area contributed by atoms with Crippen LogP contribution in [-0.4, -0.2) is 195 Å². The highest BCUT2D eigenvalue weighted by atomic mass is 32.1. The fraction of sp³-hybridized carbons (Fsp3) is 0.561. The highest BCUT2D eigenvalue weighted by Crippen LogP contribution is 2.46. The van der Waals surface area contributed by atoms with Crippen molar-refractivity contribution < 1.29 is 52.8 Å². The molecule has 0 spiro atoms. The van der Waals surface area contributed by atoms with Crippen LogP contribution >= 0.6 is 11.3 Å².